The first-order valence-electron chi connectivity index (χ1n) is 8.24. The zero-order chi connectivity index (χ0) is 13.8. The molecule has 20 heavy (non-hydrogen) atoms. The Labute approximate surface area is 121 Å². The van der Waals surface area contributed by atoms with Crippen LogP contribution >= 0.6 is 0 Å². The molecule has 0 N–H and O–H groups in total. The molecule has 1 aliphatic carbocycles. The summed E-state index contributed by atoms with van der Waals surface area (Å²) >= 11 is 0. The lowest BCUT2D eigenvalue weighted by molar-refractivity contribution is -0.162. The first kappa shape index (κ1) is 14.5. The Morgan fingerprint density at radius 3 is 3.00 bits per heavy atom. The summed E-state index contributed by atoms with van der Waals surface area (Å²) in [5, 5.41) is 0. The fraction of sp³-hybridized carbons (Fsp3) is 0.938. The number of epoxide rings is 1. The third-order valence-corrected chi connectivity index (χ3v) is 4.77. The van der Waals surface area contributed by atoms with Gasteiger partial charge in [-0.2, -0.15) is 0 Å². The van der Waals surface area contributed by atoms with E-state index in [-0.39, 0.29) is 18.0 Å². The van der Waals surface area contributed by atoms with Gasteiger partial charge in [-0.05, 0) is 44.9 Å². The minimum atomic E-state index is -0.0529. The predicted octanol–water partition coefficient (Wildman–Crippen LogP) is 2.98. The van der Waals surface area contributed by atoms with Crippen molar-refractivity contribution in [2.24, 2.45) is 0 Å². The van der Waals surface area contributed by atoms with Crippen LogP contribution in [0.4, 0.5) is 0 Å². The maximum Gasteiger partial charge on any atom is 0.164 e. The van der Waals surface area contributed by atoms with Gasteiger partial charge in [-0.1, -0.05) is 12.8 Å². The number of ketones is 1. The summed E-state index contributed by atoms with van der Waals surface area (Å²) in [7, 11) is 0. The van der Waals surface area contributed by atoms with Gasteiger partial charge in [-0.3, -0.25) is 4.79 Å². The van der Waals surface area contributed by atoms with Crippen molar-refractivity contribution in [2.45, 2.75) is 82.2 Å². The molecule has 0 bridgehead atoms. The number of carbonyl (C=O) groups is 1. The molecule has 4 nitrogen and oxygen atoms in total. The second-order valence-corrected chi connectivity index (χ2v) is 6.36. The molecular weight excluding hydrogens is 256 g/mol. The Morgan fingerprint density at radius 2 is 2.15 bits per heavy atom. The van der Waals surface area contributed by atoms with E-state index in [1.54, 1.807) is 0 Å². The van der Waals surface area contributed by atoms with Gasteiger partial charge in [0.15, 0.2) is 12.1 Å². The van der Waals surface area contributed by atoms with Gasteiger partial charge >= 0.3 is 0 Å². The highest BCUT2D eigenvalue weighted by Gasteiger charge is 2.60. The molecule has 0 aromatic heterocycles. The van der Waals surface area contributed by atoms with Crippen LogP contribution < -0.4 is 0 Å². The number of fused-ring (bicyclic) bond motifs is 1. The largest absolute Gasteiger partial charge is 0.358 e. The molecule has 0 aromatic carbocycles. The molecule has 0 radical (unpaired) electrons. The minimum absolute atomic E-state index is 0.0365. The monoisotopic (exact) mass is 282 g/mol. The summed E-state index contributed by atoms with van der Waals surface area (Å²) in [6.45, 7) is 1.64. The summed E-state index contributed by atoms with van der Waals surface area (Å²) in [6, 6.07) is 0. The van der Waals surface area contributed by atoms with Crippen LogP contribution in [0.1, 0.15) is 64.2 Å². The third kappa shape index (κ3) is 3.41. The van der Waals surface area contributed by atoms with Crippen LogP contribution in [0.15, 0.2) is 0 Å². The highest BCUT2D eigenvalue weighted by atomic mass is 16.7. The summed E-state index contributed by atoms with van der Waals surface area (Å²) in [5.41, 5.74) is -0.0529. The quantitative estimate of drug-likeness (QED) is 0.532. The van der Waals surface area contributed by atoms with Crippen molar-refractivity contribution < 1.29 is 19.0 Å². The fourth-order valence-electron chi connectivity index (χ4n) is 3.52. The van der Waals surface area contributed by atoms with E-state index in [4.69, 9.17) is 14.2 Å². The van der Waals surface area contributed by atoms with Crippen LogP contribution in [-0.2, 0) is 19.0 Å². The number of carbonyl (C=O) groups excluding carboxylic acids is 1. The van der Waals surface area contributed by atoms with Crippen molar-refractivity contribution in [3.05, 3.63) is 0 Å². The molecule has 0 aromatic rings. The van der Waals surface area contributed by atoms with E-state index in [0.29, 0.717) is 5.78 Å². The molecule has 3 aliphatic rings. The van der Waals surface area contributed by atoms with Crippen molar-refractivity contribution >= 4 is 5.78 Å². The van der Waals surface area contributed by atoms with E-state index in [0.717, 1.165) is 64.6 Å². The standard InChI is InChI=1S/C16H26O4/c17-13-7-6-10-16(15(13)20-16)9-3-1-4-11-18-14-8-2-5-12-19-14/h14-15H,1-12H2. The fourth-order valence-corrected chi connectivity index (χ4v) is 3.52. The van der Waals surface area contributed by atoms with Crippen LogP contribution in [0, 0.1) is 0 Å². The lowest BCUT2D eigenvalue weighted by Crippen LogP contribution is -2.26. The number of Topliss-reactive ketones (excluding diaryl/α,β-unsaturated/α-hetero) is 1. The van der Waals surface area contributed by atoms with E-state index in [1.165, 1.54) is 12.8 Å². The first-order chi connectivity index (χ1) is 9.80. The Morgan fingerprint density at radius 1 is 1.20 bits per heavy atom. The van der Waals surface area contributed by atoms with Gasteiger partial charge in [0.05, 0.1) is 0 Å². The van der Waals surface area contributed by atoms with Gasteiger partial charge in [0.2, 0.25) is 0 Å². The summed E-state index contributed by atoms with van der Waals surface area (Å²) in [4.78, 5) is 11.6. The zero-order valence-corrected chi connectivity index (χ0v) is 12.3. The zero-order valence-electron chi connectivity index (χ0n) is 12.3. The second-order valence-electron chi connectivity index (χ2n) is 6.36. The number of hydrogen-bond acceptors (Lipinski definition) is 4. The van der Waals surface area contributed by atoms with Crippen molar-refractivity contribution in [3.8, 4) is 0 Å². The Hall–Kier alpha value is -0.450. The summed E-state index contributed by atoms with van der Waals surface area (Å²) in [5.74, 6) is 0.328. The van der Waals surface area contributed by atoms with Crippen LogP contribution in [0.2, 0.25) is 0 Å². The van der Waals surface area contributed by atoms with E-state index in [1.807, 2.05) is 0 Å². The average Bonchev–Trinajstić information content (AvgIpc) is 3.20. The van der Waals surface area contributed by atoms with Gasteiger partial charge in [-0.15, -0.1) is 0 Å². The number of ether oxygens (including phenoxy) is 3. The second kappa shape index (κ2) is 6.54. The van der Waals surface area contributed by atoms with Gasteiger partial charge in [-0.25, -0.2) is 0 Å². The van der Waals surface area contributed by atoms with E-state index < -0.39 is 0 Å². The Balaban J connectivity index is 1.23. The number of rotatable bonds is 7. The molecule has 1 saturated carbocycles. The minimum Gasteiger partial charge on any atom is -0.358 e. The van der Waals surface area contributed by atoms with Crippen molar-refractivity contribution in [1.82, 2.24) is 0 Å². The van der Waals surface area contributed by atoms with Gasteiger partial charge in [0, 0.05) is 19.6 Å². The molecule has 2 aliphatic heterocycles. The van der Waals surface area contributed by atoms with Gasteiger partial charge in [0.1, 0.15) is 11.7 Å². The molecule has 114 valence electrons. The topological polar surface area (TPSA) is 48.1 Å². The van der Waals surface area contributed by atoms with E-state index >= 15 is 0 Å². The van der Waals surface area contributed by atoms with Crippen LogP contribution in [0.5, 0.6) is 0 Å². The molecule has 3 rings (SSSR count). The van der Waals surface area contributed by atoms with Gasteiger partial charge < -0.3 is 14.2 Å². The Bertz CT molecular complexity index is 337. The highest BCUT2D eigenvalue weighted by molar-refractivity contribution is 5.87. The lowest BCUT2D eigenvalue weighted by atomic mass is 9.84. The molecular formula is C16H26O4. The highest BCUT2D eigenvalue weighted by Crippen LogP contribution is 2.49. The smallest absolute Gasteiger partial charge is 0.164 e. The van der Waals surface area contributed by atoms with Crippen molar-refractivity contribution in [3.63, 3.8) is 0 Å². The predicted molar refractivity (Wildman–Crippen MR) is 74.5 cm³/mol. The third-order valence-electron chi connectivity index (χ3n) is 4.77. The van der Waals surface area contributed by atoms with Crippen LogP contribution in [-0.4, -0.2) is 37.0 Å². The molecule has 3 fully saturated rings. The number of unbranched alkanes of at least 4 members (excludes halogenated alkanes) is 2. The lowest BCUT2D eigenvalue weighted by Gasteiger charge is -2.22. The average molecular weight is 282 g/mol. The number of hydrogen-bond donors (Lipinski definition) is 0. The van der Waals surface area contributed by atoms with Crippen molar-refractivity contribution in [2.75, 3.05) is 13.2 Å². The maximum atomic E-state index is 11.6. The molecule has 2 saturated heterocycles. The first-order valence-corrected chi connectivity index (χ1v) is 8.24. The molecule has 0 spiro atoms. The molecule has 2 heterocycles. The van der Waals surface area contributed by atoms with Gasteiger partial charge in [0.25, 0.3) is 0 Å². The van der Waals surface area contributed by atoms with Crippen molar-refractivity contribution in [1.29, 1.82) is 0 Å². The maximum absolute atomic E-state index is 11.6. The van der Waals surface area contributed by atoms with E-state index in [9.17, 15) is 4.79 Å². The Kier molecular flexibility index (Phi) is 4.74. The normalized spacial score (nSPS) is 36.7. The van der Waals surface area contributed by atoms with Crippen LogP contribution in [0.3, 0.4) is 0 Å². The molecule has 3 atom stereocenters. The summed E-state index contributed by atoms with van der Waals surface area (Å²) in [6.07, 6.45) is 10.6. The molecule has 3 unspecified atom stereocenters. The molecule has 4 heteroatoms. The molecule has 0 amide bonds. The van der Waals surface area contributed by atoms with Crippen LogP contribution in [0.25, 0.3) is 0 Å². The summed E-state index contributed by atoms with van der Waals surface area (Å²) < 4.78 is 16.9. The SMILES string of the molecule is O=C1CCCC2(CCCCCOC3CCCCO3)OC12. The van der Waals surface area contributed by atoms with E-state index in [2.05, 4.69) is 0 Å².